The number of benzene rings is 5. The molecular weight excluding hydrogens is 383 g/mol. The van der Waals surface area contributed by atoms with Crippen LogP contribution in [0, 0.1) is 6.92 Å². The number of aryl methyl sites for hydroxylation is 1. The van der Waals surface area contributed by atoms with Crippen LogP contribution in [0.3, 0.4) is 0 Å². The highest BCUT2D eigenvalue weighted by atomic mass is 31.1. The predicted molar refractivity (Wildman–Crippen MR) is 132 cm³/mol. The molecule has 0 aliphatic rings. The summed E-state index contributed by atoms with van der Waals surface area (Å²) in [5.41, 5.74) is 3.75. The van der Waals surface area contributed by atoms with E-state index in [2.05, 4.69) is 104 Å². The van der Waals surface area contributed by atoms with Crippen LogP contribution in [0.5, 0.6) is 5.75 Å². The molecule has 0 bridgehead atoms. The minimum Gasteiger partial charge on any atom is -0.496 e. The molecule has 0 radical (unpaired) electrons. The zero-order chi connectivity index (χ0) is 20.5. The van der Waals surface area contributed by atoms with E-state index in [0.717, 1.165) is 5.75 Å². The maximum atomic E-state index is 5.88. The lowest BCUT2D eigenvalue weighted by Crippen LogP contribution is -2.08. The van der Waals surface area contributed by atoms with Crippen molar-refractivity contribution in [3.8, 4) is 16.9 Å². The van der Waals surface area contributed by atoms with Crippen molar-refractivity contribution >= 4 is 40.7 Å². The molecule has 5 aromatic carbocycles. The molecule has 30 heavy (non-hydrogen) atoms. The van der Waals surface area contributed by atoms with Gasteiger partial charge in [0.05, 0.1) is 7.11 Å². The Morgan fingerprint density at radius 3 is 1.87 bits per heavy atom. The van der Waals surface area contributed by atoms with Crippen LogP contribution < -0.4 is 15.3 Å². The quantitative estimate of drug-likeness (QED) is 0.305. The van der Waals surface area contributed by atoms with Gasteiger partial charge in [-0.05, 0) is 45.1 Å². The Morgan fingerprint density at radius 2 is 1.20 bits per heavy atom. The van der Waals surface area contributed by atoms with Crippen molar-refractivity contribution in [1.82, 2.24) is 0 Å². The van der Waals surface area contributed by atoms with Crippen LogP contribution in [-0.4, -0.2) is 7.11 Å². The van der Waals surface area contributed by atoms with Gasteiger partial charge in [-0.1, -0.05) is 105 Å². The molecule has 5 rings (SSSR count). The maximum absolute atomic E-state index is 5.88. The third-order valence-electron chi connectivity index (χ3n) is 5.62. The zero-order valence-corrected chi connectivity index (χ0v) is 18.1. The fourth-order valence-electron chi connectivity index (χ4n) is 4.12. The van der Waals surface area contributed by atoms with Gasteiger partial charge in [0.25, 0.3) is 0 Å². The normalized spacial score (nSPS) is 11.5. The number of fused-ring (bicyclic) bond motifs is 2. The molecule has 0 N–H and O–H groups in total. The van der Waals surface area contributed by atoms with Crippen molar-refractivity contribution in [2.24, 2.45) is 0 Å². The van der Waals surface area contributed by atoms with Crippen molar-refractivity contribution < 1.29 is 4.74 Å². The fourth-order valence-corrected chi connectivity index (χ4v) is 5.31. The fraction of sp³-hybridized carbons (Fsp3) is 0.0714. The summed E-state index contributed by atoms with van der Waals surface area (Å²) in [4.78, 5) is 0. The number of ether oxygens (including phenoxy) is 1. The van der Waals surface area contributed by atoms with E-state index in [1.807, 2.05) is 0 Å². The Balaban J connectivity index is 1.84. The summed E-state index contributed by atoms with van der Waals surface area (Å²) in [6.45, 7) is 2.13. The van der Waals surface area contributed by atoms with Crippen molar-refractivity contribution in [2.45, 2.75) is 6.92 Å². The molecule has 1 nitrogen and oxygen atoms in total. The van der Waals surface area contributed by atoms with Gasteiger partial charge in [-0.2, -0.15) is 0 Å². The molecule has 0 heterocycles. The Morgan fingerprint density at radius 1 is 0.600 bits per heavy atom. The van der Waals surface area contributed by atoms with Crippen molar-refractivity contribution in [2.75, 3.05) is 7.11 Å². The molecule has 0 aliphatic carbocycles. The minimum atomic E-state index is 0.574. The Kier molecular flexibility index (Phi) is 4.99. The van der Waals surface area contributed by atoms with Gasteiger partial charge in [0.15, 0.2) is 0 Å². The number of methoxy groups -OCH3 is 1. The number of hydrogen-bond donors (Lipinski definition) is 0. The van der Waals surface area contributed by atoms with Crippen molar-refractivity contribution in [1.29, 1.82) is 0 Å². The lowest BCUT2D eigenvalue weighted by atomic mass is 9.93. The van der Waals surface area contributed by atoms with Gasteiger partial charge in [-0.15, -0.1) is 0 Å². The van der Waals surface area contributed by atoms with Crippen LogP contribution in [0.4, 0.5) is 0 Å². The highest BCUT2D eigenvalue weighted by Crippen LogP contribution is 2.41. The Labute approximate surface area is 179 Å². The Bertz CT molecular complexity index is 1350. The van der Waals surface area contributed by atoms with E-state index in [4.69, 9.17) is 4.74 Å². The molecule has 1 unspecified atom stereocenters. The molecule has 0 aromatic heterocycles. The molecule has 5 aromatic rings. The summed E-state index contributed by atoms with van der Waals surface area (Å²) in [6.07, 6.45) is 0. The maximum Gasteiger partial charge on any atom is 0.127 e. The van der Waals surface area contributed by atoms with Crippen molar-refractivity contribution in [3.63, 3.8) is 0 Å². The molecular formula is C28H23OP. The van der Waals surface area contributed by atoms with E-state index in [1.54, 1.807) is 7.11 Å². The molecule has 0 spiro atoms. The van der Waals surface area contributed by atoms with Gasteiger partial charge >= 0.3 is 0 Å². The predicted octanol–water partition coefficient (Wildman–Crippen LogP) is 6.61. The molecule has 1 atom stereocenters. The van der Waals surface area contributed by atoms with Crippen molar-refractivity contribution in [3.05, 3.63) is 103 Å². The van der Waals surface area contributed by atoms with Gasteiger partial charge in [0.1, 0.15) is 5.75 Å². The monoisotopic (exact) mass is 406 g/mol. The summed E-state index contributed by atoms with van der Waals surface area (Å²) in [7, 11) is 2.34. The number of rotatable bonds is 4. The third-order valence-corrected chi connectivity index (χ3v) is 6.93. The van der Waals surface area contributed by atoms with Crippen LogP contribution in [0.2, 0.25) is 0 Å². The summed E-state index contributed by atoms with van der Waals surface area (Å²) in [5, 5.41) is 7.65. The summed E-state index contributed by atoms with van der Waals surface area (Å²) < 4.78 is 5.88. The first-order valence-corrected chi connectivity index (χ1v) is 11.2. The van der Waals surface area contributed by atoms with Crippen LogP contribution in [0.1, 0.15) is 5.56 Å². The van der Waals surface area contributed by atoms with Gasteiger partial charge < -0.3 is 4.74 Å². The highest BCUT2D eigenvalue weighted by molar-refractivity contribution is 7.55. The summed E-state index contributed by atoms with van der Waals surface area (Å²) >= 11 is 0. The van der Waals surface area contributed by atoms with Crippen LogP contribution in [-0.2, 0) is 0 Å². The van der Waals surface area contributed by atoms with Gasteiger partial charge in [0, 0.05) is 11.1 Å². The highest BCUT2D eigenvalue weighted by Gasteiger charge is 2.17. The topological polar surface area (TPSA) is 9.23 Å². The summed E-state index contributed by atoms with van der Waals surface area (Å²) in [5.74, 6) is 0.917. The first-order valence-electron chi connectivity index (χ1n) is 10.2. The second-order valence-corrected chi connectivity index (χ2v) is 8.93. The molecule has 0 saturated carbocycles. The molecule has 0 saturated heterocycles. The average molecular weight is 406 g/mol. The first kappa shape index (κ1) is 18.9. The van der Waals surface area contributed by atoms with E-state index >= 15 is 0 Å². The Hall–Kier alpha value is -3.15. The van der Waals surface area contributed by atoms with E-state index in [-0.39, 0.29) is 0 Å². The molecule has 0 amide bonds. The van der Waals surface area contributed by atoms with Gasteiger partial charge in [0.2, 0.25) is 0 Å². The van der Waals surface area contributed by atoms with Crippen LogP contribution >= 0.6 is 8.58 Å². The van der Waals surface area contributed by atoms with E-state index < -0.39 is 0 Å². The van der Waals surface area contributed by atoms with E-state index in [0.29, 0.717) is 8.58 Å². The van der Waals surface area contributed by atoms with Gasteiger partial charge in [-0.3, -0.25) is 0 Å². The smallest absolute Gasteiger partial charge is 0.127 e. The SMILES string of the molecule is COc1ccc2ccccc2c1-c1c(Pc2ccc(C)cc2)ccc2ccccc12. The average Bonchev–Trinajstić information content (AvgIpc) is 2.80. The van der Waals surface area contributed by atoms with E-state index in [1.165, 1.54) is 48.8 Å². The molecule has 2 heteroatoms. The van der Waals surface area contributed by atoms with Gasteiger partial charge in [-0.25, -0.2) is 0 Å². The zero-order valence-electron chi connectivity index (χ0n) is 17.1. The number of hydrogen-bond acceptors (Lipinski definition) is 1. The van der Waals surface area contributed by atoms with Crippen LogP contribution in [0.15, 0.2) is 97.1 Å². The lowest BCUT2D eigenvalue weighted by molar-refractivity contribution is 0.417. The first-order chi connectivity index (χ1) is 14.7. The second kappa shape index (κ2) is 7.94. The summed E-state index contributed by atoms with van der Waals surface area (Å²) in [6, 6.07) is 34.9. The third kappa shape index (κ3) is 3.36. The molecule has 0 aliphatic heterocycles. The minimum absolute atomic E-state index is 0.574. The van der Waals surface area contributed by atoms with Crippen LogP contribution in [0.25, 0.3) is 32.7 Å². The molecule has 0 fully saturated rings. The van der Waals surface area contributed by atoms with E-state index in [9.17, 15) is 0 Å². The second-order valence-electron chi connectivity index (χ2n) is 7.56. The lowest BCUT2D eigenvalue weighted by Gasteiger charge is -2.18. The standard InChI is InChI=1S/C28H23OP/c1-19-11-15-22(16-12-19)30-26-18-14-21-8-4-6-10-24(21)28(26)27-23-9-5-3-7-20(23)13-17-25(27)29-2/h3-18,30H,1-2H3. The molecule has 146 valence electrons. The largest absolute Gasteiger partial charge is 0.496 e.